The summed E-state index contributed by atoms with van der Waals surface area (Å²) in [5, 5.41) is 17.6. The maximum atomic E-state index is 11.3. The van der Waals surface area contributed by atoms with Gasteiger partial charge in [-0.3, -0.25) is 4.98 Å². The molecular weight excluding hydrogens is 426 g/mol. The van der Waals surface area contributed by atoms with Crippen molar-refractivity contribution < 1.29 is 9.90 Å². The average molecular weight is 450 g/mol. The summed E-state index contributed by atoms with van der Waals surface area (Å²) < 4.78 is 1.46. The molecule has 164 valence electrons. The van der Waals surface area contributed by atoms with Crippen molar-refractivity contribution in [3.8, 4) is 0 Å². The molecule has 1 fully saturated rings. The Morgan fingerprint density at radius 2 is 1.88 bits per heavy atom. The molecule has 0 bridgehead atoms. The molecule has 0 saturated carbocycles. The van der Waals surface area contributed by atoms with Crippen LogP contribution in [0.2, 0.25) is 5.02 Å². The van der Waals surface area contributed by atoms with Gasteiger partial charge in [-0.25, -0.2) is 9.48 Å². The summed E-state index contributed by atoms with van der Waals surface area (Å²) in [6, 6.07) is 10.4. The third kappa shape index (κ3) is 4.06. The molecule has 1 aliphatic carbocycles. The molecule has 3 aromatic rings. The predicted octanol–water partition coefficient (Wildman–Crippen LogP) is 3.72. The molecule has 7 nitrogen and oxygen atoms in total. The number of fused-ring (bicyclic) bond motifs is 2. The zero-order valence-corrected chi connectivity index (χ0v) is 18.4. The van der Waals surface area contributed by atoms with Crippen molar-refractivity contribution >= 4 is 23.1 Å². The number of halogens is 1. The first-order chi connectivity index (χ1) is 15.6. The largest absolute Gasteiger partial charge is 0.476 e. The second-order valence-electron chi connectivity index (χ2n) is 8.28. The molecule has 5 rings (SSSR count). The monoisotopic (exact) mass is 449 g/mol. The summed E-state index contributed by atoms with van der Waals surface area (Å²) in [7, 11) is 0. The number of carboxylic acids is 1. The van der Waals surface area contributed by atoms with E-state index in [1.54, 1.807) is 0 Å². The Kier molecular flexibility index (Phi) is 5.76. The highest BCUT2D eigenvalue weighted by Gasteiger charge is 2.25. The highest BCUT2D eigenvalue weighted by atomic mass is 35.5. The van der Waals surface area contributed by atoms with Crippen LogP contribution in [0.5, 0.6) is 0 Å². The number of carbonyl (C=O) groups is 1. The Morgan fingerprint density at radius 1 is 1.06 bits per heavy atom. The first-order valence-corrected chi connectivity index (χ1v) is 11.3. The number of benzene rings is 1. The summed E-state index contributed by atoms with van der Waals surface area (Å²) in [5.74, 6) is -1.00. The van der Waals surface area contributed by atoms with E-state index in [0.717, 1.165) is 56.0 Å². The van der Waals surface area contributed by atoms with Crippen LogP contribution in [-0.4, -0.2) is 55.6 Å². The molecule has 1 saturated heterocycles. The molecule has 2 aliphatic rings. The number of rotatable bonds is 4. The molecule has 0 atom stereocenters. The van der Waals surface area contributed by atoms with E-state index in [0.29, 0.717) is 6.54 Å². The van der Waals surface area contributed by atoms with Crippen LogP contribution in [0.4, 0.5) is 0 Å². The van der Waals surface area contributed by atoms with Crippen LogP contribution >= 0.6 is 11.6 Å². The molecule has 1 N–H and O–H groups in total. The van der Waals surface area contributed by atoms with Gasteiger partial charge in [0, 0.05) is 36.4 Å². The highest BCUT2D eigenvalue weighted by Crippen LogP contribution is 2.38. The van der Waals surface area contributed by atoms with E-state index >= 15 is 0 Å². The molecule has 2 aromatic heterocycles. The molecule has 32 heavy (non-hydrogen) atoms. The van der Waals surface area contributed by atoms with Gasteiger partial charge in [0.05, 0.1) is 18.4 Å². The average Bonchev–Trinajstić information content (AvgIpc) is 3.22. The van der Waals surface area contributed by atoms with Crippen molar-refractivity contribution in [2.45, 2.75) is 32.2 Å². The number of aromatic nitrogens is 4. The smallest absolute Gasteiger partial charge is 0.355 e. The number of carboxylic acid groups (broad SMARTS) is 1. The third-order valence-corrected chi connectivity index (χ3v) is 6.64. The second-order valence-corrected chi connectivity index (χ2v) is 8.72. The van der Waals surface area contributed by atoms with Gasteiger partial charge in [-0.2, -0.15) is 0 Å². The summed E-state index contributed by atoms with van der Waals surface area (Å²) in [5.41, 5.74) is 7.76. The lowest BCUT2D eigenvalue weighted by atomic mass is 9.88. The van der Waals surface area contributed by atoms with E-state index < -0.39 is 5.97 Å². The topological polar surface area (TPSA) is 84.1 Å². The lowest BCUT2D eigenvalue weighted by Gasteiger charge is -2.30. The third-order valence-electron chi connectivity index (χ3n) is 6.41. The van der Waals surface area contributed by atoms with Crippen LogP contribution in [0.1, 0.15) is 45.7 Å². The molecule has 1 aliphatic heterocycles. The summed E-state index contributed by atoms with van der Waals surface area (Å²) in [6.45, 7) is 3.09. The fourth-order valence-corrected chi connectivity index (χ4v) is 4.95. The first kappa shape index (κ1) is 20.8. The van der Waals surface area contributed by atoms with Crippen LogP contribution in [0.15, 0.2) is 48.3 Å². The number of aromatic carboxylic acids is 1. The van der Waals surface area contributed by atoms with Crippen molar-refractivity contribution in [1.82, 2.24) is 24.9 Å². The van der Waals surface area contributed by atoms with Gasteiger partial charge < -0.3 is 10.0 Å². The Labute approximate surface area is 191 Å². The second kappa shape index (κ2) is 8.84. The summed E-state index contributed by atoms with van der Waals surface area (Å²) >= 11 is 6.31. The minimum Gasteiger partial charge on any atom is -0.476 e. The van der Waals surface area contributed by atoms with Gasteiger partial charge in [-0.05, 0) is 60.6 Å². The number of aryl methyl sites for hydroxylation is 2. The maximum absolute atomic E-state index is 11.3. The maximum Gasteiger partial charge on any atom is 0.355 e. The predicted molar refractivity (Wildman–Crippen MR) is 122 cm³/mol. The standard InChI is InChI=1S/C24H24ClN5O2/c25-19-5-6-20-18(14-19)4-3-17-2-1-9-26-23(17)22(20)16-7-10-29(11-8-16)12-13-30-21(24(31)32)15-27-28-30/h1-2,5-6,9,14-15H,3-4,7-8,10-13H2,(H,31,32). The van der Waals surface area contributed by atoms with Gasteiger partial charge in [0.1, 0.15) is 0 Å². The SMILES string of the molecule is O=C(O)c1cnnn1CCN1CCC(=C2c3ccc(Cl)cc3CCc3cccnc32)CC1. The van der Waals surface area contributed by atoms with Crippen LogP contribution in [0.3, 0.4) is 0 Å². The van der Waals surface area contributed by atoms with Crippen LogP contribution in [-0.2, 0) is 19.4 Å². The lowest BCUT2D eigenvalue weighted by Crippen LogP contribution is -2.34. The van der Waals surface area contributed by atoms with Crippen molar-refractivity contribution in [3.63, 3.8) is 0 Å². The van der Waals surface area contributed by atoms with E-state index in [-0.39, 0.29) is 5.69 Å². The fourth-order valence-electron chi connectivity index (χ4n) is 4.75. The zero-order valence-electron chi connectivity index (χ0n) is 17.7. The van der Waals surface area contributed by atoms with Gasteiger partial charge >= 0.3 is 5.97 Å². The number of likely N-dealkylation sites (tertiary alicyclic amines) is 1. The van der Waals surface area contributed by atoms with Gasteiger partial charge in [0.25, 0.3) is 0 Å². The van der Waals surface area contributed by atoms with Crippen LogP contribution in [0.25, 0.3) is 5.57 Å². The van der Waals surface area contributed by atoms with E-state index in [1.807, 2.05) is 18.3 Å². The Balaban J connectivity index is 1.39. The van der Waals surface area contributed by atoms with Crippen molar-refractivity contribution in [3.05, 3.63) is 81.4 Å². The Bertz CT molecular complexity index is 1190. The Hall–Kier alpha value is -3.03. The number of nitrogens with zero attached hydrogens (tertiary/aromatic N) is 5. The molecule has 8 heteroatoms. The van der Waals surface area contributed by atoms with E-state index in [2.05, 4.69) is 33.4 Å². The molecule has 0 radical (unpaired) electrons. The van der Waals surface area contributed by atoms with Gasteiger partial charge in [0.15, 0.2) is 5.69 Å². The van der Waals surface area contributed by atoms with Crippen LogP contribution < -0.4 is 0 Å². The van der Waals surface area contributed by atoms with Gasteiger partial charge in [-0.1, -0.05) is 34.5 Å². The molecule has 3 heterocycles. The summed E-state index contributed by atoms with van der Waals surface area (Å²) in [4.78, 5) is 18.4. The quantitative estimate of drug-likeness (QED) is 0.653. The molecule has 0 spiro atoms. The van der Waals surface area contributed by atoms with E-state index in [1.165, 1.54) is 38.7 Å². The van der Waals surface area contributed by atoms with Crippen molar-refractivity contribution in [2.75, 3.05) is 19.6 Å². The van der Waals surface area contributed by atoms with Crippen molar-refractivity contribution in [2.24, 2.45) is 0 Å². The fraction of sp³-hybridized carbons (Fsp3) is 0.333. The molecule has 0 unspecified atom stereocenters. The van der Waals surface area contributed by atoms with Gasteiger partial charge in [0.2, 0.25) is 0 Å². The minimum atomic E-state index is -1.00. The highest BCUT2D eigenvalue weighted by molar-refractivity contribution is 6.30. The zero-order chi connectivity index (χ0) is 22.1. The molecule has 1 aromatic carbocycles. The normalized spacial score (nSPS) is 16.4. The number of hydrogen-bond donors (Lipinski definition) is 1. The molecular formula is C24H24ClN5O2. The number of pyridine rings is 1. The van der Waals surface area contributed by atoms with E-state index in [4.69, 9.17) is 16.6 Å². The van der Waals surface area contributed by atoms with Gasteiger partial charge in [-0.15, -0.1) is 5.10 Å². The minimum absolute atomic E-state index is 0.126. The Morgan fingerprint density at radius 3 is 2.69 bits per heavy atom. The number of hydrogen-bond acceptors (Lipinski definition) is 5. The number of piperidine rings is 1. The lowest BCUT2D eigenvalue weighted by molar-refractivity contribution is 0.0682. The molecule has 0 amide bonds. The van der Waals surface area contributed by atoms with E-state index in [9.17, 15) is 9.90 Å². The first-order valence-electron chi connectivity index (χ1n) is 10.9. The van der Waals surface area contributed by atoms with Crippen molar-refractivity contribution in [1.29, 1.82) is 0 Å². The van der Waals surface area contributed by atoms with Crippen LogP contribution in [0, 0.1) is 0 Å². The summed E-state index contributed by atoms with van der Waals surface area (Å²) in [6.07, 6.45) is 7.01.